The van der Waals surface area contributed by atoms with Crippen molar-refractivity contribution in [3.63, 3.8) is 0 Å². The number of ether oxygens (including phenoxy) is 1. The first-order valence-corrected chi connectivity index (χ1v) is 6.46. The molecule has 0 saturated carbocycles. The van der Waals surface area contributed by atoms with Crippen LogP contribution in [0.1, 0.15) is 32.6 Å². The summed E-state index contributed by atoms with van der Waals surface area (Å²) in [5, 5.41) is 3.39. The molecule has 0 aromatic rings. The second kappa shape index (κ2) is 5.83. The Bertz CT molecular complexity index is 180. The van der Waals surface area contributed by atoms with E-state index in [1.54, 1.807) is 0 Å². The van der Waals surface area contributed by atoms with E-state index in [2.05, 4.69) is 17.1 Å². The van der Waals surface area contributed by atoms with Gasteiger partial charge in [-0.1, -0.05) is 6.92 Å². The summed E-state index contributed by atoms with van der Waals surface area (Å²) in [6.45, 7) is 7.80. The number of hydrogen-bond acceptors (Lipinski definition) is 3. The Morgan fingerprint density at radius 1 is 1.47 bits per heavy atom. The molecule has 2 aliphatic rings. The first-order chi connectivity index (χ1) is 7.40. The van der Waals surface area contributed by atoms with Gasteiger partial charge in [0.2, 0.25) is 0 Å². The van der Waals surface area contributed by atoms with E-state index in [1.165, 1.54) is 38.8 Å². The van der Waals surface area contributed by atoms with Crippen molar-refractivity contribution in [1.29, 1.82) is 0 Å². The number of rotatable bonds is 4. The molecular weight excluding hydrogens is 188 g/mol. The summed E-state index contributed by atoms with van der Waals surface area (Å²) in [6, 6.07) is 0.849. The minimum absolute atomic E-state index is 0.455. The van der Waals surface area contributed by atoms with Crippen molar-refractivity contribution >= 4 is 0 Å². The van der Waals surface area contributed by atoms with Crippen LogP contribution in [0.5, 0.6) is 0 Å². The van der Waals surface area contributed by atoms with Crippen LogP contribution in [0.2, 0.25) is 0 Å². The molecule has 2 rings (SSSR count). The van der Waals surface area contributed by atoms with Gasteiger partial charge in [0, 0.05) is 25.7 Å². The van der Waals surface area contributed by atoms with Crippen LogP contribution >= 0.6 is 0 Å². The minimum Gasteiger partial charge on any atom is -0.376 e. The molecule has 0 aromatic carbocycles. The number of likely N-dealkylation sites (tertiary alicyclic amines) is 1. The van der Waals surface area contributed by atoms with Crippen LogP contribution in [0, 0.1) is 0 Å². The highest BCUT2D eigenvalue weighted by atomic mass is 16.5. The van der Waals surface area contributed by atoms with Crippen LogP contribution in [-0.4, -0.2) is 49.8 Å². The second-order valence-electron chi connectivity index (χ2n) is 4.73. The topological polar surface area (TPSA) is 24.5 Å². The summed E-state index contributed by atoms with van der Waals surface area (Å²) in [5.74, 6) is 0. The largest absolute Gasteiger partial charge is 0.376 e. The van der Waals surface area contributed by atoms with Gasteiger partial charge in [0.15, 0.2) is 0 Å². The maximum atomic E-state index is 5.72. The smallest absolute Gasteiger partial charge is 0.0712 e. The fourth-order valence-corrected chi connectivity index (χ4v) is 2.77. The van der Waals surface area contributed by atoms with E-state index in [9.17, 15) is 0 Å². The molecule has 0 spiro atoms. The molecule has 0 radical (unpaired) electrons. The summed E-state index contributed by atoms with van der Waals surface area (Å²) in [7, 11) is 0. The summed E-state index contributed by atoms with van der Waals surface area (Å²) >= 11 is 0. The SMILES string of the molecule is CCC1CCCN1CCC1CNCCO1. The highest BCUT2D eigenvalue weighted by molar-refractivity contribution is 4.79. The molecule has 2 atom stereocenters. The molecule has 15 heavy (non-hydrogen) atoms. The van der Waals surface area contributed by atoms with Crippen molar-refractivity contribution in [2.24, 2.45) is 0 Å². The lowest BCUT2D eigenvalue weighted by Crippen LogP contribution is -2.41. The van der Waals surface area contributed by atoms with E-state index in [-0.39, 0.29) is 0 Å². The first kappa shape index (κ1) is 11.4. The zero-order valence-corrected chi connectivity index (χ0v) is 9.87. The van der Waals surface area contributed by atoms with Crippen molar-refractivity contribution in [3.8, 4) is 0 Å². The fraction of sp³-hybridized carbons (Fsp3) is 1.00. The number of morpholine rings is 1. The van der Waals surface area contributed by atoms with Crippen LogP contribution in [0.4, 0.5) is 0 Å². The fourth-order valence-electron chi connectivity index (χ4n) is 2.77. The zero-order valence-electron chi connectivity index (χ0n) is 9.87. The second-order valence-corrected chi connectivity index (χ2v) is 4.73. The third kappa shape index (κ3) is 3.16. The van der Waals surface area contributed by atoms with Crippen LogP contribution in [-0.2, 0) is 4.74 Å². The molecule has 3 nitrogen and oxygen atoms in total. The molecule has 2 aliphatic heterocycles. The lowest BCUT2D eigenvalue weighted by atomic mass is 10.1. The van der Waals surface area contributed by atoms with Crippen LogP contribution < -0.4 is 5.32 Å². The molecule has 0 aromatic heterocycles. The van der Waals surface area contributed by atoms with Crippen LogP contribution in [0.25, 0.3) is 0 Å². The molecule has 0 amide bonds. The Morgan fingerprint density at radius 3 is 3.13 bits per heavy atom. The Labute approximate surface area is 93.2 Å². The van der Waals surface area contributed by atoms with Crippen LogP contribution in [0.3, 0.4) is 0 Å². The molecule has 2 unspecified atom stereocenters. The van der Waals surface area contributed by atoms with Gasteiger partial charge in [-0.15, -0.1) is 0 Å². The van der Waals surface area contributed by atoms with E-state index in [0.717, 1.165) is 25.7 Å². The van der Waals surface area contributed by atoms with Gasteiger partial charge >= 0.3 is 0 Å². The zero-order chi connectivity index (χ0) is 10.5. The lowest BCUT2D eigenvalue weighted by molar-refractivity contribution is 0.0165. The Morgan fingerprint density at radius 2 is 2.40 bits per heavy atom. The summed E-state index contributed by atoms with van der Waals surface area (Å²) in [6.07, 6.45) is 5.76. The third-order valence-electron chi connectivity index (χ3n) is 3.71. The predicted molar refractivity (Wildman–Crippen MR) is 62.1 cm³/mol. The molecule has 88 valence electrons. The Kier molecular flexibility index (Phi) is 4.42. The maximum absolute atomic E-state index is 5.72. The van der Waals surface area contributed by atoms with Crippen molar-refractivity contribution in [2.45, 2.75) is 44.8 Å². The van der Waals surface area contributed by atoms with Gasteiger partial charge in [-0.3, -0.25) is 0 Å². The molecule has 2 fully saturated rings. The Hall–Kier alpha value is -0.120. The molecule has 2 heterocycles. The van der Waals surface area contributed by atoms with E-state index in [1.807, 2.05) is 0 Å². The van der Waals surface area contributed by atoms with Crippen molar-refractivity contribution in [1.82, 2.24) is 10.2 Å². The van der Waals surface area contributed by atoms with Gasteiger partial charge in [-0.05, 0) is 32.2 Å². The molecular formula is C12H24N2O. The van der Waals surface area contributed by atoms with Gasteiger partial charge in [-0.25, -0.2) is 0 Å². The summed E-state index contributed by atoms with van der Waals surface area (Å²) in [4.78, 5) is 2.65. The van der Waals surface area contributed by atoms with Gasteiger partial charge in [0.05, 0.1) is 12.7 Å². The predicted octanol–water partition coefficient (Wildman–Crippen LogP) is 1.24. The molecule has 0 bridgehead atoms. The standard InChI is InChI=1S/C12H24N2O/c1-2-11-4-3-7-14(11)8-5-12-10-13-6-9-15-12/h11-13H,2-10H2,1H3. The van der Waals surface area contributed by atoms with E-state index in [4.69, 9.17) is 4.74 Å². The van der Waals surface area contributed by atoms with E-state index >= 15 is 0 Å². The van der Waals surface area contributed by atoms with Gasteiger partial charge in [0.25, 0.3) is 0 Å². The number of hydrogen-bond donors (Lipinski definition) is 1. The molecule has 1 N–H and O–H groups in total. The first-order valence-electron chi connectivity index (χ1n) is 6.46. The highest BCUT2D eigenvalue weighted by Gasteiger charge is 2.23. The number of nitrogens with zero attached hydrogens (tertiary/aromatic N) is 1. The van der Waals surface area contributed by atoms with Crippen molar-refractivity contribution in [2.75, 3.05) is 32.8 Å². The van der Waals surface area contributed by atoms with Gasteiger partial charge in [0.1, 0.15) is 0 Å². The summed E-state index contributed by atoms with van der Waals surface area (Å²) in [5.41, 5.74) is 0. The average molecular weight is 212 g/mol. The summed E-state index contributed by atoms with van der Waals surface area (Å²) < 4.78 is 5.72. The number of nitrogens with one attached hydrogen (secondary N) is 1. The average Bonchev–Trinajstić information content (AvgIpc) is 2.75. The van der Waals surface area contributed by atoms with Gasteiger partial charge in [-0.2, -0.15) is 0 Å². The van der Waals surface area contributed by atoms with E-state index < -0.39 is 0 Å². The third-order valence-corrected chi connectivity index (χ3v) is 3.71. The van der Waals surface area contributed by atoms with Crippen molar-refractivity contribution < 1.29 is 4.74 Å². The lowest BCUT2D eigenvalue weighted by Gasteiger charge is -2.28. The molecule has 2 saturated heterocycles. The van der Waals surface area contributed by atoms with Crippen LogP contribution in [0.15, 0.2) is 0 Å². The monoisotopic (exact) mass is 212 g/mol. The minimum atomic E-state index is 0.455. The Balaban J connectivity index is 1.67. The quantitative estimate of drug-likeness (QED) is 0.759. The maximum Gasteiger partial charge on any atom is 0.0712 e. The normalized spacial score (nSPS) is 33.4. The molecule has 3 heteroatoms. The molecule has 0 aliphatic carbocycles. The highest BCUT2D eigenvalue weighted by Crippen LogP contribution is 2.20. The van der Waals surface area contributed by atoms with E-state index in [0.29, 0.717) is 6.10 Å². The van der Waals surface area contributed by atoms with Crippen molar-refractivity contribution in [3.05, 3.63) is 0 Å². The van der Waals surface area contributed by atoms with Gasteiger partial charge < -0.3 is 15.0 Å².